The summed E-state index contributed by atoms with van der Waals surface area (Å²) in [6, 6.07) is 5.30. The monoisotopic (exact) mass is 260 g/mol. The highest BCUT2D eigenvalue weighted by Gasteiger charge is 2.08. The van der Waals surface area contributed by atoms with E-state index in [4.69, 9.17) is 5.73 Å². The molecule has 2 rings (SSSR count). The van der Waals surface area contributed by atoms with E-state index in [2.05, 4.69) is 5.32 Å². The van der Waals surface area contributed by atoms with Crippen molar-refractivity contribution in [2.45, 2.75) is 13.5 Å². The second kappa shape index (κ2) is 5.01. The van der Waals surface area contributed by atoms with Crippen LogP contribution in [0.4, 0.5) is 11.4 Å². The summed E-state index contributed by atoms with van der Waals surface area (Å²) in [6.07, 6.45) is 3.19. The molecule has 0 atom stereocenters. The number of aryl methyl sites for hydroxylation is 2. The van der Waals surface area contributed by atoms with E-state index in [0.717, 1.165) is 5.56 Å². The molecule has 1 amide bonds. The molecular formula is C13H16N4O2. The van der Waals surface area contributed by atoms with Crippen molar-refractivity contribution in [1.82, 2.24) is 9.13 Å². The highest BCUT2D eigenvalue weighted by atomic mass is 16.2. The number of aromatic nitrogens is 2. The molecule has 3 N–H and O–H groups in total. The number of imidazole rings is 1. The van der Waals surface area contributed by atoms with E-state index in [1.807, 2.05) is 13.0 Å². The van der Waals surface area contributed by atoms with Gasteiger partial charge in [0.2, 0.25) is 5.91 Å². The fourth-order valence-corrected chi connectivity index (χ4v) is 1.75. The standard InChI is InChI=1S/C13H16N4O2/c1-9-3-4-10(14)7-11(9)15-12(18)8-17-6-5-16(2)13(17)19/h3-7H,8,14H2,1-2H3,(H,15,18). The van der Waals surface area contributed by atoms with Gasteiger partial charge < -0.3 is 15.6 Å². The first-order chi connectivity index (χ1) is 8.97. The third-order valence-electron chi connectivity index (χ3n) is 2.87. The lowest BCUT2D eigenvalue weighted by Gasteiger charge is -2.09. The maximum Gasteiger partial charge on any atom is 0.328 e. The summed E-state index contributed by atoms with van der Waals surface area (Å²) in [5.41, 5.74) is 7.61. The van der Waals surface area contributed by atoms with Crippen LogP contribution in [0.2, 0.25) is 0 Å². The molecule has 0 aliphatic heterocycles. The van der Waals surface area contributed by atoms with Crippen molar-refractivity contribution in [3.8, 4) is 0 Å². The van der Waals surface area contributed by atoms with Crippen LogP contribution in [0.1, 0.15) is 5.56 Å². The first kappa shape index (κ1) is 12.9. The molecule has 0 unspecified atom stereocenters. The van der Waals surface area contributed by atoms with Crippen LogP contribution >= 0.6 is 0 Å². The number of nitrogens with two attached hydrogens (primary N) is 1. The number of amides is 1. The van der Waals surface area contributed by atoms with E-state index in [9.17, 15) is 9.59 Å². The number of anilines is 2. The van der Waals surface area contributed by atoms with E-state index in [1.165, 1.54) is 9.13 Å². The van der Waals surface area contributed by atoms with Crippen molar-refractivity contribution < 1.29 is 4.79 Å². The Kier molecular flexibility index (Phi) is 3.41. The highest BCUT2D eigenvalue weighted by Crippen LogP contribution is 2.17. The molecule has 0 aliphatic carbocycles. The maximum absolute atomic E-state index is 11.9. The molecule has 0 bridgehead atoms. The first-order valence-electron chi connectivity index (χ1n) is 5.85. The number of rotatable bonds is 3. The second-order valence-electron chi connectivity index (χ2n) is 4.44. The number of hydrogen-bond acceptors (Lipinski definition) is 3. The fraction of sp³-hybridized carbons (Fsp3) is 0.231. The van der Waals surface area contributed by atoms with Gasteiger partial charge in [0.1, 0.15) is 6.54 Å². The summed E-state index contributed by atoms with van der Waals surface area (Å²) in [7, 11) is 1.64. The Morgan fingerprint density at radius 1 is 1.37 bits per heavy atom. The Morgan fingerprint density at radius 2 is 2.11 bits per heavy atom. The quantitative estimate of drug-likeness (QED) is 0.798. The molecule has 100 valence electrons. The summed E-state index contributed by atoms with van der Waals surface area (Å²) in [6.45, 7) is 1.86. The van der Waals surface area contributed by atoms with Crippen LogP contribution in [-0.4, -0.2) is 15.0 Å². The maximum atomic E-state index is 11.9. The average molecular weight is 260 g/mol. The zero-order valence-corrected chi connectivity index (χ0v) is 10.9. The van der Waals surface area contributed by atoms with Gasteiger partial charge in [-0.2, -0.15) is 0 Å². The number of nitrogens with zero attached hydrogens (tertiary/aromatic N) is 2. The van der Waals surface area contributed by atoms with E-state index in [1.54, 1.807) is 31.6 Å². The fourth-order valence-electron chi connectivity index (χ4n) is 1.75. The van der Waals surface area contributed by atoms with Crippen molar-refractivity contribution in [3.05, 3.63) is 46.6 Å². The zero-order chi connectivity index (χ0) is 14.0. The molecule has 1 aromatic heterocycles. The lowest BCUT2D eigenvalue weighted by Crippen LogP contribution is -2.28. The number of carbonyl (C=O) groups excluding carboxylic acids is 1. The first-order valence-corrected chi connectivity index (χ1v) is 5.85. The van der Waals surface area contributed by atoms with Gasteiger partial charge in [-0.05, 0) is 24.6 Å². The molecule has 1 aromatic carbocycles. The second-order valence-corrected chi connectivity index (χ2v) is 4.44. The van der Waals surface area contributed by atoms with Crippen molar-refractivity contribution in [3.63, 3.8) is 0 Å². The summed E-state index contributed by atoms with van der Waals surface area (Å²) in [5, 5.41) is 2.75. The smallest absolute Gasteiger partial charge is 0.328 e. The normalized spacial score (nSPS) is 10.4. The van der Waals surface area contributed by atoms with Gasteiger partial charge in [-0.25, -0.2) is 4.79 Å². The van der Waals surface area contributed by atoms with Crippen molar-refractivity contribution >= 4 is 17.3 Å². The van der Waals surface area contributed by atoms with E-state index in [-0.39, 0.29) is 18.1 Å². The predicted octanol–water partition coefficient (Wildman–Crippen LogP) is 0.716. The van der Waals surface area contributed by atoms with Gasteiger partial charge in [-0.1, -0.05) is 6.07 Å². The molecule has 6 nitrogen and oxygen atoms in total. The molecule has 0 spiro atoms. The van der Waals surface area contributed by atoms with Crippen LogP contribution in [0.25, 0.3) is 0 Å². The van der Waals surface area contributed by atoms with Gasteiger partial charge in [0.25, 0.3) is 0 Å². The number of nitrogens with one attached hydrogen (secondary N) is 1. The van der Waals surface area contributed by atoms with E-state index < -0.39 is 0 Å². The largest absolute Gasteiger partial charge is 0.399 e. The number of benzene rings is 1. The molecule has 0 aliphatic rings. The van der Waals surface area contributed by atoms with Crippen LogP contribution in [0.5, 0.6) is 0 Å². The zero-order valence-electron chi connectivity index (χ0n) is 10.9. The molecule has 1 heterocycles. The number of hydrogen-bond donors (Lipinski definition) is 2. The Hall–Kier alpha value is -2.50. The lowest BCUT2D eigenvalue weighted by atomic mass is 10.2. The van der Waals surface area contributed by atoms with Gasteiger partial charge >= 0.3 is 5.69 Å². The summed E-state index contributed by atoms with van der Waals surface area (Å²) in [5.74, 6) is -0.262. The van der Waals surface area contributed by atoms with Crippen molar-refractivity contribution in [2.24, 2.45) is 7.05 Å². The van der Waals surface area contributed by atoms with Gasteiger partial charge in [0, 0.05) is 30.8 Å². The molecule has 6 heteroatoms. The molecule has 0 radical (unpaired) electrons. The van der Waals surface area contributed by atoms with Gasteiger partial charge in [-0.15, -0.1) is 0 Å². The highest BCUT2D eigenvalue weighted by molar-refractivity contribution is 5.91. The molecule has 2 aromatic rings. The minimum Gasteiger partial charge on any atom is -0.399 e. The predicted molar refractivity (Wildman–Crippen MR) is 73.9 cm³/mol. The SMILES string of the molecule is Cc1ccc(N)cc1NC(=O)Cn1ccn(C)c1=O. The van der Waals surface area contributed by atoms with Crippen LogP contribution in [0.3, 0.4) is 0 Å². The molecule has 0 saturated carbocycles. The molecular weight excluding hydrogens is 244 g/mol. The Labute approximate surface area is 110 Å². The van der Waals surface area contributed by atoms with Gasteiger partial charge in [0.05, 0.1) is 0 Å². The Bertz CT molecular complexity index is 670. The van der Waals surface area contributed by atoms with Gasteiger partial charge in [0.15, 0.2) is 0 Å². The summed E-state index contributed by atoms with van der Waals surface area (Å²) in [4.78, 5) is 23.5. The van der Waals surface area contributed by atoms with Crippen LogP contribution in [0, 0.1) is 6.92 Å². The van der Waals surface area contributed by atoms with Crippen molar-refractivity contribution in [2.75, 3.05) is 11.1 Å². The average Bonchev–Trinajstić information content (AvgIpc) is 2.66. The van der Waals surface area contributed by atoms with E-state index in [0.29, 0.717) is 11.4 Å². The van der Waals surface area contributed by atoms with Crippen molar-refractivity contribution in [1.29, 1.82) is 0 Å². The minimum absolute atomic E-state index is 0.0199. The third-order valence-corrected chi connectivity index (χ3v) is 2.87. The lowest BCUT2D eigenvalue weighted by molar-refractivity contribution is -0.116. The number of carbonyl (C=O) groups is 1. The van der Waals surface area contributed by atoms with E-state index >= 15 is 0 Å². The molecule has 0 saturated heterocycles. The Balaban J connectivity index is 2.12. The Morgan fingerprint density at radius 3 is 2.74 bits per heavy atom. The topological polar surface area (TPSA) is 82.0 Å². The van der Waals surface area contributed by atoms with Crippen LogP contribution in [0.15, 0.2) is 35.4 Å². The summed E-state index contributed by atoms with van der Waals surface area (Å²) >= 11 is 0. The minimum atomic E-state index is -0.262. The van der Waals surface area contributed by atoms with Crippen LogP contribution < -0.4 is 16.7 Å². The molecule has 0 fully saturated rings. The third kappa shape index (κ3) is 2.85. The number of nitrogen functional groups attached to an aromatic ring is 1. The van der Waals surface area contributed by atoms with Crippen LogP contribution in [-0.2, 0) is 18.4 Å². The van der Waals surface area contributed by atoms with Gasteiger partial charge in [-0.3, -0.25) is 9.36 Å². The summed E-state index contributed by atoms with van der Waals surface area (Å²) < 4.78 is 2.76. The molecule has 19 heavy (non-hydrogen) atoms.